The number of benzene rings is 1. The molecule has 1 N–H and O–H groups in total. The topological polar surface area (TPSA) is 12.0 Å². The maximum Gasteiger partial charge on any atom is 0.404 e. The van der Waals surface area contributed by atoms with Crippen LogP contribution in [0.2, 0.25) is 0 Å². The first kappa shape index (κ1) is 15.0. The van der Waals surface area contributed by atoms with Crippen molar-refractivity contribution < 1.29 is 13.2 Å². The number of rotatable bonds is 6. The van der Waals surface area contributed by atoms with Crippen LogP contribution in [0.3, 0.4) is 0 Å². The van der Waals surface area contributed by atoms with Crippen molar-refractivity contribution in [3.8, 4) is 0 Å². The summed E-state index contributed by atoms with van der Waals surface area (Å²) < 4.78 is 38.4. The maximum absolute atomic E-state index is 12.8. The number of alkyl halides is 3. The van der Waals surface area contributed by atoms with Gasteiger partial charge in [-0.05, 0) is 36.9 Å². The fraction of sp³-hybridized carbons (Fsp3) is 0.571. The van der Waals surface area contributed by atoms with Crippen LogP contribution in [0.25, 0.3) is 0 Å². The van der Waals surface area contributed by atoms with Gasteiger partial charge in [-0.15, -0.1) is 0 Å². The Morgan fingerprint density at radius 3 is 2.06 bits per heavy atom. The van der Waals surface area contributed by atoms with E-state index in [4.69, 9.17) is 0 Å². The number of aryl methyl sites for hydroxylation is 1. The summed E-state index contributed by atoms with van der Waals surface area (Å²) in [6.07, 6.45) is -2.61. The quantitative estimate of drug-likeness (QED) is 0.821. The summed E-state index contributed by atoms with van der Waals surface area (Å²) in [6, 6.07) is 5.90. The van der Waals surface area contributed by atoms with E-state index in [0.717, 1.165) is 17.5 Å². The SMILES string of the molecule is CCCNC(Cc1ccc(CC)cc1)C(F)(F)F. The van der Waals surface area contributed by atoms with Crippen LogP contribution in [0.4, 0.5) is 13.2 Å². The van der Waals surface area contributed by atoms with E-state index < -0.39 is 12.2 Å². The van der Waals surface area contributed by atoms with E-state index in [1.54, 1.807) is 12.1 Å². The highest BCUT2D eigenvalue weighted by atomic mass is 19.4. The van der Waals surface area contributed by atoms with E-state index in [1.165, 1.54) is 0 Å². The maximum atomic E-state index is 12.8. The van der Waals surface area contributed by atoms with Gasteiger partial charge < -0.3 is 5.32 Å². The number of hydrogen-bond acceptors (Lipinski definition) is 1. The summed E-state index contributed by atoms with van der Waals surface area (Å²) in [5.74, 6) is 0. The van der Waals surface area contributed by atoms with Crippen molar-refractivity contribution in [3.63, 3.8) is 0 Å². The van der Waals surface area contributed by atoms with Gasteiger partial charge in [0.2, 0.25) is 0 Å². The number of nitrogens with one attached hydrogen (secondary N) is 1. The van der Waals surface area contributed by atoms with Gasteiger partial charge >= 0.3 is 6.18 Å². The fourth-order valence-corrected chi connectivity index (χ4v) is 1.77. The lowest BCUT2D eigenvalue weighted by Gasteiger charge is -2.21. The molecule has 1 atom stereocenters. The molecule has 0 bridgehead atoms. The third kappa shape index (κ3) is 4.69. The number of halogens is 3. The van der Waals surface area contributed by atoms with E-state index in [2.05, 4.69) is 5.32 Å². The molecule has 1 unspecified atom stereocenters. The molecule has 0 amide bonds. The molecule has 102 valence electrons. The highest BCUT2D eigenvalue weighted by Gasteiger charge is 2.38. The van der Waals surface area contributed by atoms with E-state index >= 15 is 0 Å². The summed E-state index contributed by atoms with van der Waals surface area (Å²) in [7, 11) is 0. The Balaban J connectivity index is 2.69. The van der Waals surface area contributed by atoms with Gasteiger partial charge in [0.15, 0.2) is 0 Å². The van der Waals surface area contributed by atoms with Crippen LogP contribution in [0, 0.1) is 0 Å². The molecule has 1 rings (SSSR count). The van der Waals surface area contributed by atoms with Crippen molar-refractivity contribution in [2.45, 2.75) is 45.3 Å². The first-order valence-electron chi connectivity index (χ1n) is 6.35. The van der Waals surface area contributed by atoms with Crippen molar-refractivity contribution in [3.05, 3.63) is 35.4 Å². The third-order valence-electron chi connectivity index (χ3n) is 2.91. The lowest BCUT2D eigenvalue weighted by molar-refractivity contribution is -0.155. The first-order chi connectivity index (χ1) is 8.47. The van der Waals surface area contributed by atoms with Crippen LogP contribution in [0.5, 0.6) is 0 Å². The van der Waals surface area contributed by atoms with E-state index in [-0.39, 0.29) is 6.42 Å². The largest absolute Gasteiger partial charge is 0.404 e. The lowest BCUT2D eigenvalue weighted by Crippen LogP contribution is -2.44. The van der Waals surface area contributed by atoms with E-state index in [9.17, 15) is 13.2 Å². The fourth-order valence-electron chi connectivity index (χ4n) is 1.77. The van der Waals surface area contributed by atoms with E-state index in [0.29, 0.717) is 13.0 Å². The van der Waals surface area contributed by atoms with Gasteiger partial charge in [-0.2, -0.15) is 13.2 Å². The summed E-state index contributed by atoms with van der Waals surface area (Å²) in [5.41, 5.74) is 1.86. The summed E-state index contributed by atoms with van der Waals surface area (Å²) >= 11 is 0. The predicted octanol–water partition coefficient (Wildman–Crippen LogP) is 3.72. The van der Waals surface area contributed by atoms with Gasteiger partial charge in [-0.25, -0.2) is 0 Å². The Morgan fingerprint density at radius 1 is 1.06 bits per heavy atom. The molecule has 0 saturated carbocycles. The van der Waals surface area contributed by atoms with Gasteiger partial charge in [0, 0.05) is 0 Å². The van der Waals surface area contributed by atoms with Crippen molar-refractivity contribution in [1.82, 2.24) is 5.32 Å². The standard InChI is InChI=1S/C14H20F3N/c1-3-9-18-13(14(15,16)17)10-12-7-5-11(4-2)6-8-12/h5-8,13,18H,3-4,9-10H2,1-2H3. The predicted molar refractivity (Wildman–Crippen MR) is 67.7 cm³/mol. The van der Waals surface area contributed by atoms with Crippen molar-refractivity contribution in [1.29, 1.82) is 0 Å². The van der Waals surface area contributed by atoms with Crippen LogP contribution < -0.4 is 5.32 Å². The van der Waals surface area contributed by atoms with Gasteiger partial charge in [0.05, 0.1) is 0 Å². The molecule has 0 saturated heterocycles. The zero-order valence-corrected chi connectivity index (χ0v) is 10.8. The van der Waals surface area contributed by atoms with Crippen LogP contribution in [0.1, 0.15) is 31.4 Å². The molecule has 1 aromatic rings. The molecule has 0 aromatic heterocycles. The molecule has 0 aliphatic carbocycles. The Labute approximate surface area is 106 Å². The zero-order chi connectivity index (χ0) is 13.6. The van der Waals surface area contributed by atoms with Crippen LogP contribution >= 0.6 is 0 Å². The highest BCUT2D eigenvalue weighted by Crippen LogP contribution is 2.23. The first-order valence-corrected chi connectivity index (χ1v) is 6.35. The normalized spacial score (nSPS) is 13.6. The molecule has 0 aliphatic rings. The van der Waals surface area contributed by atoms with Gasteiger partial charge in [0.25, 0.3) is 0 Å². The molecule has 0 spiro atoms. The smallest absolute Gasteiger partial charge is 0.306 e. The summed E-state index contributed by atoms with van der Waals surface area (Å²) in [5, 5.41) is 2.56. The Bertz CT molecular complexity index is 343. The van der Waals surface area contributed by atoms with Crippen molar-refractivity contribution in [2.75, 3.05) is 6.54 Å². The monoisotopic (exact) mass is 259 g/mol. The lowest BCUT2D eigenvalue weighted by atomic mass is 10.0. The molecule has 0 fully saturated rings. The second-order valence-electron chi connectivity index (χ2n) is 4.42. The Kier molecular flexibility index (Phi) is 5.66. The van der Waals surface area contributed by atoms with Crippen LogP contribution in [-0.4, -0.2) is 18.8 Å². The average Bonchev–Trinajstić information content (AvgIpc) is 2.34. The van der Waals surface area contributed by atoms with Crippen molar-refractivity contribution in [2.24, 2.45) is 0 Å². The highest BCUT2D eigenvalue weighted by molar-refractivity contribution is 5.23. The number of hydrogen-bond donors (Lipinski definition) is 1. The Hall–Kier alpha value is -1.03. The molecule has 1 aromatic carbocycles. The molecule has 4 heteroatoms. The second kappa shape index (κ2) is 6.78. The van der Waals surface area contributed by atoms with Crippen LogP contribution in [0.15, 0.2) is 24.3 Å². The molecule has 0 aliphatic heterocycles. The molecule has 1 nitrogen and oxygen atoms in total. The molecule has 0 heterocycles. The second-order valence-corrected chi connectivity index (χ2v) is 4.42. The summed E-state index contributed by atoms with van der Waals surface area (Å²) in [4.78, 5) is 0. The third-order valence-corrected chi connectivity index (χ3v) is 2.91. The minimum atomic E-state index is -4.20. The average molecular weight is 259 g/mol. The molecule has 0 radical (unpaired) electrons. The zero-order valence-electron chi connectivity index (χ0n) is 10.8. The van der Waals surface area contributed by atoms with Crippen LogP contribution in [-0.2, 0) is 12.8 Å². The minimum absolute atomic E-state index is 0.00645. The van der Waals surface area contributed by atoms with E-state index in [1.807, 2.05) is 26.0 Å². The molecule has 18 heavy (non-hydrogen) atoms. The molecular formula is C14H20F3N. The summed E-state index contributed by atoms with van der Waals surface area (Å²) in [6.45, 7) is 4.27. The van der Waals surface area contributed by atoms with Gasteiger partial charge in [-0.1, -0.05) is 38.1 Å². The minimum Gasteiger partial charge on any atom is -0.306 e. The Morgan fingerprint density at radius 2 is 1.61 bits per heavy atom. The molecular weight excluding hydrogens is 239 g/mol. The van der Waals surface area contributed by atoms with Gasteiger partial charge in [0.1, 0.15) is 6.04 Å². The van der Waals surface area contributed by atoms with Gasteiger partial charge in [-0.3, -0.25) is 0 Å². The van der Waals surface area contributed by atoms with Crippen molar-refractivity contribution >= 4 is 0 Å².